The van der Waals surface area contributed by atoms with E-state index in [1.165, 1.54) is 7.11 Å². The first-order valence-electron chi connectivity index (χ1n) is 6.84. The van der Waals surface area contributed by atoms with Crippen LogP contribution in [0.15, 0.2) is 53.4 Å². The molecule has 0 unspecified atom stereocenters. The minimum atomic E-state index is -3.54. The fourth-order valence-corrected chi connectivity index (χ4v) is 4.04. The fraction of sp³-hybridized carbons (Fsp3) is 0.250. The van der Waals surface area contributed by atoms with Crippen LogP contribution in [0.4, 0.5) is 0 Å². The van der Waals surface area contributed by atoms with E-state index in [0.29, 0.717) is 17.1 Å². The zero-order valence-corrected chi connectivity index (χ0v) is 13.5. The van der Waals surface area contributed by atoms with Crippen LogP contribution in [0.5, 0.6) is 11.5 Å². The van der Waals surface area contributed by atoms with Gasteiger partial charge in [0.1, 0.15) is 16.7 Å². The smallest absolute Gasteiger partial charge is 0.191 e. The van der Waals surface area contributed by atoms with Gasteiger partial charge >= 0.3 is 0 Å². The van der Waals surface area contributed by atoms with Crippen LogP contribution in [-0.2, 0) is 9.84 Å². The Hall–Kier alpha value is -2.05. The number of benzene rings is 2. The maximum Gasteiger partial charge on any atom is 0.191 e. The zero-order chi connectivity index (χ0) is 16.2. The minimum absolute atomic E-state index is 0.208. The van der Waals surface area contributed by atoms with Crippen molar-refractivity contribution in [3.8, 4) is 11.5 Å². The van der Waals surface area contributed by atoms with Crippen LogP contribution < -0.4 is 15.2 Å². The third-order valence-corrected chi connectivity index (χ3v) is 5.66. The highest BCUT2D eigenvalue weighted by Crippen LogP contribution is 2.35. The highest BCUT2D eigenvalue weighted by molar-refractivity contribution is 7.91. The molecule has 118 valence electrons. The minimum Gasteiger partial charge on any atom is -0.497 e. The zero-order valence-electron chi connectivity index (χ0n) is 12.7. The molecule has 5 nitrogen and oxygen atoms in total. The van der Waals surface area contributed by atoms with Crippen LogP contribution in [0.3, 0.4) is 0 Å². The van der Waals surface area contributed by atoms with Gasteiger partial charge in [0.25, 0.3) is 0 Å². The molecule has 3 N–H and O–H groups in total. The summed E-state index contributed by atoms with van der Waals surface area (Å²) in [6, 6.07) is 13.5. The molecule has 0 fully saturated rings. The Morgan fingerprint density at radius 3 is 2.27 bits per heavy atom. The van der Waals surface area contributed by atoms with E-state index < -0.39 is 15.1 Å². The lowest BCUT2D eigenvalue weighted by Gasteiger charge is -2.18. The average Bonchev–Trinajstić information content (AvgIpc) is 2.56. The van der Waals surface area contributed by atoms with E-state index in [1.807, 2.05) is 0 Å². The van der Waals surface area contributed by atoms with Crippen molar-refractivity contribution >= 4 is 9.84 Å². The highest BCUT2D eigenvalue weighted by Gasteiger charge is 2.32. The number of methoxy groups -OCH3 is 2. The third-order valence-electron chi connectivity index (χ3n) is 3.50. The Balaban J connectivity index is 2.53. The Morgan fingerprint density at radius 2 is 1.73 bits per heavy atom. The molecule has 0 saturated heterocycles. The second kappa shape index (κ2) is 6.81. The van der Waals surface area contributed by atoms with Gasteiger partial charge < -0.3 is 15.2 Å². The Morgan fingerprint density at radius 1 is 1.05 bits per heavy atom. The second-order valence-electron chi connectivity index (χ2n) is 4.74. The Bertz CT molecular complexity index is 729. The topological polar surface area (TPSA) is 80.2 Å². The molecule has 2 aromatic carbocycles. The fourth-order valence-electron chi connectivity index (χ4n) is 2.34. The van der Waals surface area contributed by atoms with E-state index >= 15 is 0 Å². The molecule has 2 aromatic rings. The van der Waals surface area contributed by atoms with E-state index in [0.717, 1.165) is 0 Å². The molecule has 0 heterocycles. The molecule has 0 amide bonds. The van der Waals surface area contributed by atoms with Crippen molar-refractivity contribution in [2.24, 2.45) is 0 Å². The summed E-state index contributed by atoms with van der Waals surface area (Å²) in [5.74, 6) is 1.09. The summed E-state index contributed by atoms with van der Waals surface area (Å²) in [5.41, 5.74) is 4.39. The van der Waals surface area contributed by atoms with Crippen molar-refractivity contribution in [3.63, 3.8) is 0 Å². The van der Waals surface area contributed by atoms with Gasteiger partial charge in [0, 0.05) is 11.6 Å². The maximum atomic E-state index is 12.9. The molecule has 0 aliphatic heterocycles. The van der Waals surface area contributed by atoms with E-state index in [1.54, 1.807) is 55.6 Å². The van der Waals surface area contributed by atoms with Gasteiger partial charge in [-0.25, -0.2) is 8.42 Å². The molecule has 0 spiro atoms. The number of quaternary nitrogens is 1. The van der Waals surface area contributed by atoms with Gasteiger partial charge in [-0.05, 0) is 18.2 Å². The molecule has 6 heteroatoms. The van der Waals surface area contributed by atoms with Gasteiger partial charge in [-0.15, -0.1) is 0 Å². The average molecular weight is 322 g/mol. The molecular weight excluding hydrogens is 302 g/mol. The molecule has 0 aromatic heterocycles. The monoisotopic (exact) mass is 322 g/mol. The quantitative estimate of drug-likeness (QED) is 0.873. The maximum absolute atomic E-state index is 12.9. The summed E-state index contributed by atoms with van der Waals surface area (Å²) in [6.07, 6.45) is 0. The van der Waals surface area contributed by atoms with Gasteiger partial charge in [0.05, 0.1) is 25.7 Å². The summed E-state index contributed by atoms with van der Waals surface area (Å²) >= 11 is 0. The normalized spacial score (nSPS) is 12.7. The van der Waals surface area contributed by atoms with E-state index in [2.05, 4.69) is 5.73 Å². The van der Waals surface area contributed by atoms with Crippen molar-refractivity contribution in [2.75, 3.05) is 20.8 Å². The largest absolute Gasteiger partial charge is 0.497 e. The molecule has 0 aliphatic carbocycles. The van der Waals surface area contributed by atoms with E-state index in [9.17, 15) is 8.42 Å². The van der Waals surface area contributed by atoms with Gasteiger partial charge in [-0.3, -0.25) is 0 Å². The predicted octanol–water partition coefficient (Wildman–Crippen LogP) is 1.46. The molecule has 22 heavy (non-hydrogen) atoms. The lowest BCUT2D eigenvalue weighted by atomic mass is 10.1. The van der Waals surface area contributed by atoms with Crippen LogP contribution in [0, 0.1) is 0 Å². The van der Waals surface area contributed by atoms with Crippen molar-refractivity contribution in [3.05, 3.63) is 54.1 Å². The lowest BCUT2D eigenvalue weighted by Crippen LogP contribution is -2.54. The number of rotatable bonds is 6. The molecule has 0 radical (unpaired) electrons. The first-order chi connectivity index (χ1) is 10.5. The Labute approximate surface area is 130 Å². The van der Waals surface area contributed by atoms with Gasteiger partial charge in [0.2, 0.25) is 0 Å². The van der Waals surface area contributed by atoms with Gasteiger partial charge in [-0.1, -0.05) is 24.3 Å². The first kappa shape index (κ1) is 16.3. The van der Waals surface area contributed by atoms with Crippen LogP contribution in [0.25, 0.3) is 0 Å². The second-order valence-corrected chi connectivity index (χ2v) is 6.87. The summed E-state index contributed by atoms with van der Waals surface area (Å²) in [7, 11) is -0.483. The SMILES string of the molecule is COc1ccc([C@H](C[NH3+])S(=O)(=O)c2ccccc2)c(OC)c1. The number of sulfone groups is 1. The van der Waals surface area contributed by atoms with Crippen LogP contribution in [0.2, 0.25) is 0 Å². The van der Waals surface area contributed by atoms with Crippen LogP contribution in [0.1, 0.15) is 10.8 Å². The first-order valence-corrected chi connectivity index (χ1v) is 8.39. The van der Waals surface area contributed by atoms with Crippen molar-refractivity contribution in [1.29, 1.82) is 0 Å². The number of hydrogen-bond donors (Lipinski definition) is 1. The number of ether oxygens (including phenoxy) is 2. The summed E-state index contributed by atoms with van der Waals surface area (Å²) in [4.78, 5) is 0.279. The predicted molar refractivity (Wildman–Crippen MR) is 83.7 cm³/mol. The highest BCUT2D eigenvalue weighted by atomic mass is 32.2. The molecule has 0 aliphatic rings. The Kier molecular flexibility index (Phi) is 5.05. The van der Waals surface area contributed by atoms with Crippen LogP contribution >= 0.6 is 0 Å². The van der Waals surface area contributed by atoms with Gasteiger partial charge in [0.15, 0.2) is 9.84 Å². The van der Waals surface area contributed by atoms with Crippen LogP contribution in [-0.4, -0.2) is 29.2 Å². The third kappa shape index (κ3) is 3.08. The molecule has 0 bridgehead atoms. The van der Waals surface area contributed by atoms with E-state index in [4.69, 9.17) is 9.47 Å². The summed E-state index contributed by atoms with van der Waals surface area (Å²) < 4.78 is 36.2. The number of hydrogen-bond acceptors (Lipinski definition) is 4. The molecule has 2 rings (SSSR count). The van der Waals surface area contributed by atoms with Crippen molar-refractivity contribution in [2.45, 2.75) is 10.1 Å². The molecule has 1 atom stereocenters. The molecule has 0 saturated carbocycles. The van der Waals surface area contributed by atoms with Crippen molar-refractivity contribution in [1.82, 2.24) is 0 Å². The van der Waals surface area contributed by atoms with E-state index in [-0.39, 0.29) is 11.4 Å². The lowest BCUT2D eigenvalue weighted by molar-refractivity contribution is -0.367. The standard InChI is InChI=1S/C16H19NO4S/c1-20-12-8-9-14(15(10-12)21-2)16(11-17)22(18,19)13-6-4-3-5-7-13/h3-10,16H,11,17H2,1-2H3/p+1/t16-/m0/s1. The molecular formula is C16H20NO4S+. The van der Waals surface area contributed by atoms with Crippen molar-refractivity contribution < 1.29 is 23.6 Å². The van der Waals surface area contributed by atoms with Gasteiger partial charge in [-0.2, -0.15) is 0 Å². The summed E-state index contributed by atoms with van der Waals surface area (Å²) in [5, 5.41) is -0.768. The summed E-state index contributed by atoms with van der Waals surface area (Å²) in [6.45, 7) is 0.208.